The van der Waals surface area contributed by atoms with Crippen molar-refractivity contribution in [2.24, 2.45) is 0 Å². The quantitative estimate of drug-likeness (QED) is 0.743. The molecule has 0 spiro atoms. The minimum atomic E-state index is -3.50. The van der Waals surface area contributed by atoms with E-state index >= 15 is 0 Å². The van der Waals surface area contributed by atoms with Crippen molar-refractivity contribution in [3.8, 4) is 5.75 Å². The number of hydrogen-bond donors (Lipinski definition) is 0. The van der Waals surface area contributed by atoms with Crippen molar-refractivity contribution in [2.75, 3.05) is 34.8 Å². The van der Waals surface area contributed by atoms with Gasteiger partial charge in [0.15, 0.2) is 0 Å². The van der Waals surface area contributed by atoms with E-state index in [4.69, 9.17) is 4.74 Å². The van der Waals surface area contributed by atoms with Crippen LogP contribution in [-0.4, -0.2) is 58.3 Å². The maximum Gasteiger partial charge on any atom is 0.253 e. The van der Waals surface area contributed by atoms with Gasteiger partial charge in [-0.1, -0.05) is 18.2 Å². The Morgan fingerprint density at radius 1 is 1.00 bits per heavy atom. The normalized spacial score (nSPS) is 11.4. The van der Waals surface area contributed by atoms with E-state index in [1.165, 1.54) is 38.4 Å². The van der Waals surface area contributed by atoms with Crippen LogP contribution in [0, 0.1) is 0 Å². The number of hydrogen-bond acceptors (Lipinski definition) is 4. The second-order valence-electron chi connectivity index (χ2n) is 6.10. The molecule has 0 atom stereocenters. The molecule has 2 aromatic rings. The van der Waals surface area contributed by atoms with Crippen molar-refractivity contribution in [3.05, 3.63) is 59.7 Å². The zero-order chi connectivity index (χ0) is 19.3. The summed E-state index contributed by atoms with van der Waals surface area (Å²) in [6.45, 7) is 0.525. The number of likely N-dealkylation sites (N-methyl/N-ethyl adjacent to an activating group) is 1. The number of carbonyl (C=O) groups excluding carboxylic acids is 1. The summed E-state index contributed by atoms with van der Waals surface area (Å²) < 4.78 is 30.6. The molecule has 0 saturated carbocycles. The third kappa shape index (κ3) is 4.42. The van der Waals surface area contributed by atoms with Crippen molar-refractivity contribution in [1.29, 1.82) is 0 Å². The standard InChI is InChI=1S/C19H24N2O4S/c1-20(2)26(23,24)17-11-9-16(10-12-17)19(22)21(3)14-13-15-7-5-6-8-18(15)25-4/h5-12H,13-14H2,1-4H3. The van der Waals surface area contributed by atoms with Gasteiger partial charge in [-0.25, -0.2) is 12.7 Å². The van der Waals surface area contributed by atoms with Gasteiger partial charge in [0.2, 0.25) is 10.0 Å². The molecular formula is C19H24N2O4S. The van der Waals surface area contributed by atoms with E-state index < -0.39 is 10.0 Å². The summed E-state index contributed by atoms with van der Waals surface area (Å²) >= 11 is 0. The molecule has 0 aliphatic heterocycles. The molecule has 2 rings (SSSR count). The number of nitrogens with zero attached hydrogens (tertiary/aromatic N) is 2. The molecule has 0 heterocycles. The van der Waals surface area contributed by atoms with Gasteiger partial charge < -0.3 is 9.64 Å². The van der Waals surface area contributed by atoms with Gasteiger partial charge in [-0.2, -0.15) is 0 Å². The Labute approximate surface area is 155 Å². The summed E-state index contributed by atoms with van der Waals surface area (Å²) in [5, 5.41) is 0. The number of methoxy groups -OCH3 is 1. The van der Waals surface area contributed by atoms with E-state index in [9.17, 15) is 13.2 Å². The first-order chi connectivity index (χ1) is 12.3. The van der Waals surface area contributed by atoms with Crippen LogP contribution >= 0.6 is 0 Å². The fraction of sp³-hybridized carbons (Fsp3) is 0.316. The summed E-state index contributed by atoms with van der Waals surface area (Å²) in [7, 11) is 2.79. The Kier molecular flexibility index (Phi) is 6.39. The van der Waals surface area contributed by atoms with Gasteiger partial charge in [-0.15, -0.1) is 0 Å². The number of sulfonamides is 1. The Balaban J connectivity index is 2.06. The molecule has 2 aromatic carbocycles. The summed E-state index contributed by atoms with van der Waals surface area (Å²) in [4.78, 5) is 14.3. The van der Waals surface area contributed by atoms with Crippen LogP contribution in [0.2, 0.25) is 0 Å². The molecule has 0 radical (unpaired) electrons. The molecule has 0 saturated heterocycles. The zero-order valence-electron chi connectivity index (χ0n) is 15.5. The molecular weight excluding hydrogens is 352 g/mol. The number of para-hydroxylation sites is 1. The lowest BCUT2D eigenvalue weighted by Gasteiger charge is -2.18. The van der Waals surface area contributed by atoms with Gasteiger partial charge in [0.1, 0.15) is 5.75 Å². The van der Waals surface area contributed by atoms with Crippen LogP contribution in [0.3, 0.4) is 0 Å². The van der Waals surface area contributed by atoms with E-state index in [0.29, 0.717) is 18.5 Å². The maximum absolute atomic E-state index is 12.6. The third-order valence-electron chi connectivity index (χ3n) is 4.14. The van der Waals surface area contributed by atoms with Crippen molar-refractivity contribution in [1.82, 2.24) is 9.21 Å². The lowest BCUT2D eigenvalue weighted by Crippen LogP contribution is -2.29. The van der Waals surface area contributed by atoms with Crippen molar-refractivity contribution in [2.45, 2.75) is 11.3 Å². The van der Waals surface area contributed by atoms with E-state index in [2.05, 4.69) is 0 Å². The molecule has 0 aliphatic carbocycles. The molecule has 0 N–H and O–H groups in total. The fourth-order valence-electron chi connectivity index (χ4n) is 2.50. The Bertz CT molecular complexity index is 861. The highest BCUT2D eigenvalue weighted by Gasteiger charge is 2.18. The van der Waals surface area contributed by atoms with Gasteiger partial charge in [-0.3, -0.25) is 4.79 Å². The average molecular weight is 376 g/mol. The molecule has 26 heavy (non-hydrogen) atoms. The smallest absolute Gasteiger partial charge is 0.253 e. The van der Waals surface area contributed by atoms with E-state index in [-0.39, 0.29) is 10.8 Å². The fourth-order valence-corrected chi connectivity index (χ4v) is 3.40. The van der Waals surface area contributed by atoms with E-state index in [0.717, 1.165) is 15.6 Å². The summed E-state index contributed by atoms with van der Waals surface area (Å²) in [6, 6.07) is 13.7. The summed E-state index contributed by atoms with van der Waals surface area (Å²) in [5.41, 5.74) is 1.48. The lowest BCUT2D eigenvalue weighted by atomic mass is 10.1. The van der Waals surface area contributed by atoms with Crippen LogP contribution in [0.5, 0.6) is 5.75 Å². The molecule has 140 valence electrons. The first kappa shape index (κ1) is 19.9. The molecule has 0 fully saturated rings. The zero-order valence-corrected chi connectivity index (χ0v) is 16.3. The highest BCUT2D eigenvalue weighted by molar-refractivity contribution is 7.89. The lowest BCUT2D eigenvalue weighted by molar-refractivity contribution is 0.0796. The average Bonchev–Trinajstić information content (AvgIpc) is 2.65. The van der Waals surface area contributed by atoms with Crippen LogP contribution in [0.25, 0.3) is 0 Å². The first-order valence-corrected chi connectivity index (χ1v) is 9.61. The Morgan fingerprint density at radius 3 is 2.19 bits per heavy atom. The SMILES string of the molecule is COc1ccccc1CCN(C)C(=O)c1ccc(S(=O)(=O)N(C)C)cc1. The second kappa shape index (κ2) is 8.33. The van der Waals surface area contributed by atoms with Crippen LogP contribution in [0.4, 0.5) is 0 Å². The molecule has 0 bridgehead atoms. The minimum absolute atomic E-state index is 0.159. The van der Waals surface area contributed by atoms with E-state index in [1.807, 2.05) is 24.3 Å². The van der Waals surface area contributed by atoms with Gasteiger partial charge in [0.25, 0.3) is 5.91 Å². The Hall–Kier alpha value is -2.38. The molecule has 0 aliphatic rings. The van der Waals surface area contributed by atoms with Crippen molar-refractivity contribution >= 4 is 15.9 Å². The number of carbonyl (C=O) groups is 1. The third-order valence-corrected chi connectivity index (χ3v) is 5.96. The largest absolute Gasteiger partial charge is 0.496 e. The molecule has 0 aromatic heterocycles. The highest BCUT2D eigenvalue weighted by Crippen LogP contribution is 2.19. The van der Waals surface area contributed by atoms with Gasteiger partial charge in [0.05, 0.1) is 12.0 Å². The number of ether oxygens (including phenoxy) is 1. The second-order valence-corrected chi connectivity index (χ2v) is 8.25. The van der Waals surface area contributed by atoms with Gasteiger partial charge >= 0.3 is 0 Å². The van der Waals surface area contributed by atoms with Crippen molar-refractivity contribution < 1.29 is 17.9 Å². The number of amides is 1. The van der Waals surface area contributed by atoms with Crippen LogP contribution in [0.15, 0.2) is 53.4 Å². The maximum atomic E-state index is 12.6. The monoisotopic (exact) mass is 376 g/mol. The van der Waals surface area contributed by atoms with Gasteiger partial charge in [-0.05, 0) is 42.3 Å². The highest BCUT2D eigenvalue weighted by atomic mass is 32.2. The number of rotatable bonds is 7. The predicted molar refractivity (Wildman–Crippen MR) is 101 cm³/mol. The van der Waals surface area contributed by atoms with Crippen LogP contribution in [0.1, 0.15) is 15.9 Å². The summed E-state index contributed by atoms with van der Waals surface area (Å²) in [6.07, 6.45) is 0.666. The Morgan fingerprint density at radius 2 is 1.62 bits per heavy atom. The van der Waals surface area contributed by atoms with Crippen LogP contribution < -0.4 is 4.74 Å². The predicted octanol–water partition coefficient (Wildman–Crippen LogP) is 2.26. The number of benzene rings is 2. The summed E-state index contributed by atoms with van der Waals surface area (Å²) in [5.74, 6) is 0.639. The molecule has 7 heteroatoms. The first-order valence-electron chi connectivity index (χ1n) is 8.17. The van der Waals surface area contributed by atoms with Crippen LogP contribution in [-0.2, 0) is 16.4 Å². The van der Waals surface area contributed by atoms with E-state index in [1.54, 1.807) is 19.1 Å². The van der Waals surface area contributed by atoms with Crippen molar-refractivity contribution in [3.63, 3.8) is 0 Å². The molecule has 0 unspecified atom stereocenters. The van der Waals surface area contributed by atoms with Gasteiger partial charge in [0, 0.05) is 33.3 Å². The topological polar surface area (TPSA) is 66.9 Å². The molecule has 6 nitrogen and oxygen atoms in total. The molecule has 1 amide bonds. The minimum Gasteiger partial charge on any atom is -0.496 e.